The van der Waals surface area contributed by atoms with E-state index >= 15 is 0 Å². The van der Waals surface area contributed by atoms with E-state index in [1.54, 1.807) is 13.8 Å². The molecule has 1 saturated carbocycles. The third kappa shape index (κ3) is 5.25. The van der Waals surface area contributed by atoms with Gasteiger partial charge in [-0.25, -0.2) is 8.42 Å². The molecule has 6 heteroatoms. The molecule has 0 radical (unpaired) electrons. The summed E-state index contributed by atoms with van der Waals surface area (Å²) in [7, 11) is -3.42. The first kappa shape index (κ1) is 18.4. The summed E-state index contributed by atoms with van der Waals surface area (Å²) >= 11 is 0. The first-order valence-electron chi connectivity index (χ1n) is 8.02. The summed E-state index contributed by atoms with van der Waals surface area (Å²) in [5, 5.41) is 1.46. The van der Waals surface area contributed by atoms with Crippen molar-refractivity contribution in [2.45, 2.75) is 75.8 Å². The third-order valence-electron chi connectivity index (χ3n) is 4.13. The zero-order valence-electron chi connectivity index (χ0n) is 13.5. The fraction of sp³-hybridized carbons (Fsp3) is 0.933. The van der Waals surface area contributed by atoms with Crippen LogP contribution in [0, 0.1) is 5.92 Å². The monoisotopic (exact) mass is 318 g/mol. The van der Waals surface area contributed by atoms with Crippen molar-refractivity contribution in [3.63, 3.8) is 0 Å². The fourth-order valence-corrected chi connectivity index (χ4v) is 5.50. The number of carbonyl (C=O) groups excluding carboxylic acids is 1. The lowest BCUT2D eigenvalue weighted by Crippen LogP contribution is -2.47. The van der Waals surface area contributed by atoms with Crippen molar-refractivity contribution in [2.75, 3.05) is 6.54 Å². The molecule has 0 aromatic heterocycles. The van der Waals surface area contributed by atoms with Gasteiger partial charge in [0.25, 0.3) is 0 Å². The van der Waals surface area contributed by atoms with Gasteiger partial charge in [-0.05, 0) is 32.1 Å². The van der Waals surface area contributed by atoms with E-state index in [0.29, 0.717) is 25.8 Å². The van der Waals surface area contributed by atoms with Gasteiger partial charge in [0.1, 0.15) is 5.25 Å². The SMILES string of the molecule is CC(N)CCNC(=O)C(C(C)C)S(=O)(=O)C1CCCCC1. The Morgan fingerprint density at radius 1 is 1.19 bits per heavy atom. The molecular formula is C15H30N2O3S. The summed E-state index contributed by atoms with van der Waals surface area (Å²) in [6.07, 6.45) is 5.03. The highest BCUT2D eigenvalue weighted by molar-refractivity contribution is 7.93. The van der Waals surface area contributed by atoms with E-state index in [-0.39, 0.29) is 23.1 Å². The number of nitrogens with one attached hydrogen (secondary N) is 1. The lowest BCUT2D eigenvalue weighted by molar-refractivity contribution is -0.121. The highest BCUT2D eigenvalue weighted by Gasteiger charge is 2.40. The Labute approximate surface area is 129 Å². The van der Waals surface area contributed by atoms with Gasteiger partial charge in [-0.1, -0.05) is 33.1 Å². The van der Waals surface area contributed by atoms with E-state index in [4.69, 9.17) is 5.73 Å². The maximum atomic E-state index is 12.8. The van der Waals surface area contributed by atoms with Gasteiger partial charge in [-0.2, -0.15) is 0 Å². The van der Waals surface area contributed by atoms with E-state index in [1.807, 2.05) is 6.92 Å². The summed E-state index contributed by atoms with van der Waals surface area (Å²) in [4.78, 5) is 12.3. The number of rotatable bonds is 7. The van der Waals surface area contributed by atoms with Crippen LogP contribution in [-0.2, 0) is 14.6 Å². The van der Waals surface area contributed by atoms with Gasteiger partial charge >= 0.3 is 0 Å². The second kappa shape index (κ2) is 8.13. The second-order valence-electron chi connectivity index (χ2n) is 6.57. The Balaban J connectivity index is 2.77. The Kier molecular flexibility index (Phi) is 7.13. The van der Waals surface area contributed by atoms with Crippen LogP contribution in [0.1, 0.15) is 59.3 Å². The quantitative estimate of drug-likeness (QED) is 0.746. The maximum absolute atomic E-state index is 12.8. The van der Waals surface area contributed by atoms with E-state index in [1.165, 1.54) is 0 Å². The van der Waals surface area contributed by atoms with Gasteiger partial charge in [0, 0.05) is 12.6 Å². The number of nitrogens with two attached hydrogens (primary N) is 1. The molecule has 21 heavy (non-hydrogen) atoms. The van der Waals surface area contributed by atoms with E-state index in [9.17, 15) is 13.2 Å². The maximum Gasteiger partial charge on any atom is 0.238 e. The third-order valence-corrected chi connectivity index (χ3v) is 7.00. The van der Waals surface area contributed by atoms with Crippen molar-refractivity contribution in [1.82, 2.24) is 5.32 Å². The molecule has 3 N–H and O–H groups in total. The van der Waals surface area contributed by atoms with Crippen LogP contribution in [0.25, 0.3) is 0 Å². The van der Waals surface area contributed by atoms with Crippen molar-refractivity contribution < 1.29 is 13.2 Å². The average Bonchev–Trinajstić information content (AvgIpc) is 2.38. The van der Waals surface area contributed by atoms with E-state index in [0.717, 1.165) is 19.3 Å². The van der Waals surface area contributed by atoms with Crippen molar-refractivity contribution in [3.8, 4) is 0 Å². The molecule has 0 saturated heterocycles. The molecule has 0 aromatic carbocycles. The topological polar surface area (TPSA) is 89.3 Å². The van der Waals surface area contributed by atoms with Gasteiger partial charge in [-0.3, -0.25) is 4.79 Å². The molecule has 0 bridgehead atoms. The molecule has 1 rings (SSSR count). The molecule has 0 heterocycles. The normalized spacial score (nSPS) is 20.2. The zero-order chi connectivity index (χ0) is 16.0. The molecule has 1 aliphatic rings. The molecule has 2 atom stereocenters. The Morgan fingerprint density at radius 3 is 2.24 bits per heavy atom. The first-order valence-corrected chi connectivity index (χ1v) is 9.63. The summed E-state index contributed by atoms with van der Waals surface area (Å²) in [5.74, 6) is -0.580. The molecular weight excluding hydrogens is 288 g/mol. The molecule has 0 aromatic rings. The first-order chi connectivity index (χ1) is 9.76. The standard InChI is InChI=1S/C15H30N2O3S/c1-11(2)14(15(18)17-10-9-12(3)16)21(19,20)13-7-5-4-6-8-13/h11-14H,4-10,16H2,1-3H3,(H,17,18). The van der Waals surface area contributed by atoms with Crippen LogP contribution in [0.4, 0.5) is 0 Å². The smallest absolute Gasteiger partial charge is 0.238 e. The van der Waals surface area contributed by atoms with Crippen molar-refractivity contribution in [1.29, 1.82) is 0 Å². The molecule has 1 amide bonds. The average molecular weight is 318 g/mol. The number of sulfone groups is 1. The Bertz CT molecular complexity index is 426. The molecule has 1 aliphatic carbocycles. The van der Waals surface area contributed by atoms with Crippen LogP contribution in [0.3, 0.4) is 0 Å². The highest BCUT2D eigenvalue weighted by Crippen LogP contribution is 2.29. The van der Waals surface area contributed by atoms with Gasteiger partial charge in [0.15, 0.2) is 9.84 Å². The number of carbonyl (C=O) groups is 1. The van der Waals surface area contributed by atoms with Crippen LogP contribution >= 0.6 is 0 Å². The zero-order valence-corrected chi connectivity index (χ0v) is 14.3. The van der Waals surface area contributed by atoms with Gasteiger partial charge in [0.2, 0.25) is 5.91 Å². The molecule has 2 unspecified atom stereocenters. The van der Waals surface area contributed by atoms with Gasteiger partial charge in [0.05, 0.1) is 5.25 Å². The molecule has 124 valence electrons. The van der Waals surface area contributed by atoms with Crippen LogP contribution in [-0.4, -0.2) is 37.4 Å². The summed E-state index contributed by atoms with van der Waals surface area (Å²) in [6.45, 7) is 5.90. The van der Waals surface area contributed by atoms with E-state index in [2.05, 4.69) is 5.32 Å². The minimum atomic E-state index is -3.42. The largest absolute Gasteiger partial charge is 0.355 e. The second-order valence-corrected chi connectivity index (χ2v) is 8.92. The number of amides is 1. The van der Waals surface area contributed by atoms with Crippen LogP contribution < -0.4 is 11.1 Å². The molecule has 0 aliphatic heterocycles. The van der Waals surface area contributed by atoms with Crippen molar-refractivity contribution in [2.24, 2.45) is 11.7 Å². The Hall–Kier alpha value is -0.620. The summed E-state index contributed by atoms with van der Waals surface area (Å²) in [5.41, 5.74) is 5.65. The fourth-order valence-electron chi connectivity index (χ4n) is 2.96. The summed E-state index contributed by atoms with van der Waals surface area (Å²) < 4.78 is 25.6. The van der Waals surface area contributed by atoms with Crippen molar-refractivity contribution in [3.05, 3.63) is 0 Å². The van der Waals surface area contributed by atoms with Crippen LogP contribution in [0.15, 0.2) is 0 Å². The minimum Gasteiger partial charge on any atom is -0.355 e. The lowest BCUT2D eigenvalue weighted by Gasteiger charge is -2.28. The van der Waals surface area contributed by atoms with Gasteiger partial charge in [-0.15, -0.1) is 0 Å². The van der Waals surface area contributed by atoms with E-state index < -0.39 is 15.1 Å². The molecule has 1 fully saturated rings. The van der Waals surface area contributed by atoms with Gasteiger partial charge < -0.3 is 11.1 Å². The highest BCUT2D eigenvalue weighted by atomic mass is 32.2. The lowest BCUT2D eigenvalue weighted by atomic mass is 10.0. The predicted octanol–water partition coefficient (Wildman–Crippen LogP) is 1.61. The van der Waals surface area contributed by atoms with Crippen LogP contribution in [0.5, 0.6) is 0 Å². The predicted molar refractivity (Wildman–Crippen MR) is 85.7 cm³/mol. The van der Waals surface area contributed by atoms with Crippen molar-refractivity contribution >= 4 is 15.7 Å². The number of hydrogen-bond donors (Lipinski definition) is 2. The number of hydrogen-bond acceptors (Lipinski definition) is 4. The molecule has 0 spiro atoms. The molecule has 5 nitrogen and oxygen atoms in total. The summed E-state index contributed by atoms with van der Waals surface area (Å²) in [6, 6.07) is -0.00208. The minimum absolute atomic E-state index is 0.00208. The Morgan fingerprint density at radius 2 is 1.76 bits per heavy atom. The van der Waals surface area contributed by atoms with Crippen LogP contribution in [0.2, 0.25) is 0 Å².